The van der Waals surface area contributed by atoms with Crippen LogP contribution >= 0.6 is 15.9 Å². The molecule has 1 aliphatic rings. The number of rotatable bonds is 2. The summed E-state index contributed by atoms with van der Waals surface area (Å²) in [5.74, 6) is 0. The van der Waals surface area contributed by atoms with E-state index in [0.717, 1.165) is 0 Å². The SMILES string of the molecule is [2H]c1c([2H])c(C([2H])([2H])N2C([2H])([2H])C([2H])([2H])N(C([2H])([2H])[2H])C([2H])([2H])C2([2H])[2H])c([2H])c([2H])c1Br. The molecule has 1 heterocycles. The van der Waals surface area contributed by atoms with Crippen molar-refractivity contribution in [3.8, 4) is 0 Å². The summed E-state index contributed by atoms with van der Waals surface area (Å²) in [5, 5.41) is 0. The summed E-state index contributed by atoms with van der Waals surface area (Å²) in [5.41, 5.74) is -1.18. The Morgan fingerprint density at radius 1 is 1.40 bits per heavy atom. The lowest BCUT2D eigenvalue weighted by Gasteiger charge is -2.32. The molecule has 82 valence electrons. The van der Waals surface area contributed by atoms with Gasteiger partial charge in [-0.1, -0.05) is 28.0 Å². The Hall–Kier alpha value is -0.380. The zero-order valence-electron chi connectivity index (χ0n) is 24.3. The molecule has 0 aliphatic carbocycles. The first kappa shape index (κ1) is 2.55. The number of likely N-dealkylation sites (N-methyl/N-ethyl adjacent to an activating group) is 1. The molecule has 1 aromatic carbocycles. The van der Waals surface area contributed by atoms with E-state index in [2.05, 4.69) is 15.9 Å². The quantitative estimate of drug-likeness (QED) is 0.822. The smallest absolute Gasteiger partial charge is 0.0635 e. The average molecular weight is 286 g/mol. The van der Waals surface area contributed by atoms with Gasteiger partial charge in [-0.25, -0.2) is 0 Å². The Balaban J connectivity index is 2.98. The molecule has 15 heavy (non-hydrogen) atoms. The van der Waals surface area contributed by atoms with Gasteiger partial charge in [-0.15, -0.1) is 0 Å². The molecule has 0 aromatic heterocycles. The highest BCUT2D eigenvalue weighted by Crippen LogP contribution is 2.13. The standard InChI is InChI=1S/C12H17BrN2/c1-14-6-8-15(9-7-14)10-11-2-4-12(13)5-3-11/h2-5H,6-10H2,1H3/i1D3,2D,3D,4D,5D,6D2,7D2,8D2,9D2,10D2. The Labute approximate surface area is 124 Å². The van der Waals surface area contributed by atoms with Gasteiger partial charge < -0.3 is 4.90 Å². The van der Waals surface area contributed by atoms with Gasteiger partial charge in [-0.05, 0) is 24.6 Å². The summed E-state index contributed by atoms with van der Waals surface area (Å²) < 4.78 is 135. The average Bonchev–Trinajstić information content (AvgIpc) is 2.54. The van der Waals surface area contributed by atoms with Crippen LogP contribution in [0.25, 0.3) is 0 Å². The Bertz CT molecular complexity index is 881. The largest absolute Gasteiger partial charge is 0.304 e. The van der Waals surface area contributed by atoms with Crippen LogP contribution < -0.4 is 0 Å². The molecule has 0 radical (unpaired) electrons. The molecule has 0 saturated carbocycles. The molecular weight excluding hydrogens is 252 g/mol. The van der Waals surface area contributed by atoms with Crippen molar-refractivity contribution >= 4 is 15.9 Å². The number of benzene rings is 1. The van der Waals surface area contributed by atoms with Crippen LogP contribution in [0.4, 0.5) is 0 Å². The van der Waals surface area contributed by atoms with Crippen molar-refractivity contribution in [3.05, 3.63) is 34.2 Å². The summed E-state index contributed by atoms with van der Waals surface area (Å²) in [4.78, 5) is -1.18. The normalized spacial score (nSPS) is 51.1. The maximum Gasteiger partial charge on any atom is 0.0635 e. The highest BCUT2D eigenvalue weighted by Gasteiger charge is 2.13. The van der Waals surface area contributed by atoms with Crippen molar-refractivity contribution in [3.63, 3.8) is 0 Å². The first-order chi connectivity index (χ1) is 13.9. The highest BCUT2D eigenvalue weighted by molar-refractivity contribution is 9.10. The van der Waals surface area contributed by atoms with Crippen LogP contribution in [0.2, 0.25) is 0 Å². The van der Waals surface area contributed by atoms with Gasteiger partial charge in [0.2, 0.25) is 0 Å². The van der Waals surface area contributed by atoms with Gasteiger partial charge in [0, 0.05) is 54.8 Å². The second kappa shape index (κ2) is 5.10. The molecule has 0 bridgehead atoms. The molecule has 0 N–H and O–H groups in total. The predicted octanol–water partition coefficient (Wildman–Crippen LogP) is 2.20. The third kappa shape index (κ3) is 3.30. The second-order valence-corrected chi connectivity index (χ2v) is 3.21. The second-order valence-electron chi connectivity index (χ2n) is 2.42. The Morgan fingerprint density at radius 2 is 2.07 bits per heavy atom. The fourth-order valence-corrected chi connectivity index (χ4v) is 0.975. The minimum absolute atomic E-state index is 0.365. The summed E-state index contributed by atoms with van der Waals surface area (Å²) >= 11 is 2.80. The fraction of sp³-hybridized carbons (Fsp3) is 0.500. The number of nitrogens with zero attached hydrogens (tertiary/aromatic N) is 2. The molecule has 1 aromatic rings. The van der Waals surface area contributed by atoms with Gasteiger partial charge in [-0.2, -0.15) is 0 Å². The molecule has 0 atom stereocenters. The fourth-order valence-electron chi connectivity index (χ4n) is 0.777. The Kier molecular flexibility index (Phi) is 0.867. The number of halogens is 1. The topological polar surface area (TPSA) is 6.48 Å². The van der Waals surface area contributed by atoms with Crippen molar-refractivity contribution in [1.82, 2.24) is 9.80 Å². The van der Waals surface area contributed by atoms with Crippen LogP contribution in [0.1, 0.15) is 28.9 Å². The van der Waals surface area contributed by atoms with Crippen molar-refractivity contribution in [1.29, 1.82) is 0 Å². The minimum atomic E-state index is -3.89. The maximum absolute atomic E-state index is 8.39. The third-order valence-electron chi connectivity index (χ3n) is 1.37. The highest BCUT2D eigenvalue weighted by atomic mass is 79.9. The van der Waals surface area contributed by atoms with Crippen LogP contribution in [0, 0.1) is 0 Å². The summed E-state index contributed by atoms with van der Waals surface area (Å²) in [6, 6.07) is -3.68. The third-order valence-corrected chi connectivity index (χ3v) is 1.76. The summed E-state index contributed by atoms with van der Waals surface area (Å²) in [6.07, 6.45) is 0. The van der Waals surface area contributed by atoms with E-state index in [0.29, 0.717) is 0 Å². The molecular formula is C12H17BrN2. The van der Waals surface area contributed by atoms with Gasteiger partial charge in [-0.3, -0.25) is 4.90 Å². The zero-order valence-corrected chi connectivity index (χ0v) is 8.86. The van der Waals surface area contributed by atoms with Crippen LogP contribution in [0.5, 0.6) is 0 Å². The van der Waals surface area contributed by atoms with E-state index in [4.69, 9.17) is 23.3 Å². The van der Waals surface area contributed by atoms with Crippen molar-refractivity contribution in [2.75, 3.05) is 33.0 Å². The van der Waals surface area contributed by atoms with E-state index in [1.165, 1.54) is 0 Å². The molecule has 1 saturated heterocycles. The van der Waals surface area contributed by atoms with Gasteiger partial charge in [0.05, 0.1) is 5.48 Å². The number of piperazine rings is 1. The lowest BCUT2D eigenvalue weighted by molar-refractivity contribution is 0.148. The van der Waals surface area contributed by atoms with Crippen LogP contribution in [-0.2, 0) is 6.50 Å². The maximum atomic E-state index is 8.39. The van der Waals surface area contributed by atoms with Crippen molar-refractivity contribution < 1.29 is 23.3 Å². The summed E-state index contributed by atoms with van der Waals surface area (Å²) in [7, 11) is 0. The summed E-state index contributed by atoms with van der Waals surface area (Å²) in [6.45, 7) is -22.9. The molecule has 0 spiro atoms. The lowest BCUT2D eigenvalue weighted by atomic mass is 10.2. The zero-order chi connectivity index (χ0) is 25.6. The van der Waals surface area contributed by atoms with E-state index < -0.39 is 79.0 Å². The number of hydrogen-bond acceptors (Lipinski definition) is 2. The first-order valence-corrected chi connectivity index (χ1v) is 4.57. The number of hydrogen-bond donors (Lipinski definition) is 0. The molecule has 0 amide bonds. The van der Waals surface area contributed by atoms with E-state index in [9.17, 15) is 0 Å². The molecule has 1 aliphatic heterocycles. The van der Waals surface area contributed by atoms with Gasteiger partial charge >= 0.3 is 0 Å². The predicted molar refractivity (Wildman–Crippen MR) is 66.9 cm³/mol. The monoisotopic (exact) mass is 285 g/mol. The van der Waals surface area contributed by atoms with E-state index in [1.807, 2.05) is 0 Å². The molecule has 2 rings (SSSR count). The van der Waals surface area contributed by atoms with Crippen molar-refractivity contribution in [2.45, 2.75) is 6.50 Å². The van der Waals surface area contributed by atoms with E-state index in [-0.39, 0.29) is 4.47 Å². The van der Waals surface area contributed by atoms with Crippen LogP contribution in [0.15, 0.2) is 28.6 Å². The van der Waals surface area contributed by atoms with Crippen LogP contribution in [0.3, 0.4) is 0 Å². The van der Waals surface area contributed by atoms with E-state index in [1.54, 1.807) is 0 Å². The van der Waals surface area contributed by atoms with Gasteiger partial charge in [0.1, 0.15) is 0 Å². The van der Waals surface area contributed by atoms with E-state index >= 15 is 0 Å². The molecule has 2 nitrogen and oxygen atoms in total. The Morgan fingerprint density at radius 3 is 2.67 bits per heavy atom. The van der Waals surface area contributed by atoms with Gasteiger partial charge in [0.15, 0.2) is 0 Å². The first-order valence-electron chi connectivity index (χ1n) is 12.3. The molecule has 1 fully saturated rings. The lowest BCUT2D eigenvalue weighted by Crippen LogP contribution is -2.43. The van der Waals surface area contributed by atoms with Crippen LogP contribution in [-0.4, -0.2) is 42.8 Å². The molecule has 3 heteroatoms. The van der Waals surface area contributed by atoms with Crippen molar-refractivity contribution in [2.24, 2.45) is 0 Å². The van der Waals surface area contributed by atoms with Gasteiger partial charge in [0.25, 0.3) is 0 Å². The minimum Gasteiger partial charge on any atom is -0.304 e. The molecule has 0 unspecified atom stereocenters.